The first-order valence-electron chi connectivity index (χ1n) is 6.96. The maximum atomic E-state index is 11.9. The van der Waals surface area contributed by atoms with Crippen LogP contribution in [0.3, 0.4) is 0 Å². The predicted octanol–water partition coefficient (Wildman–Crippen LogP) is 3.00. The van der Waals surface area contributed by atoms with Gasteiger partial charge in [0.1, 0.15) is 17.0 Å². The van der Waals surface area contributed by atoms with Gasteiger partial charge in [-0.15, -0.1) is 0 Å². The number of H-pyrrole nitrogens is 1. The van der Waals surface area contributed by atoms with E-state index in [0.717, 1.165) is 34.4 Å². The molecule has 0 atom stereocenters. The average Bonchev–Trinajstić information content (AvgIpc) is 2.89. The van der Waals surface area contributed by atoms with E-state index >= 15 is 0 Å². The van der Waals surface area contributed by atoms with Crippen molar-refractivity contribution in [2.75, 3.05) is 5.32 Å². The summed E-state index contributed by atoms with van der Waals surface area (Å²) in [4.78, 5) is 18.9. The Morgan fingerprint density at radius 1 is 1.38 bits per heavy atom. The zero-order chi connectivity index (χ0) is 14.8. The van der Waals surface area contributed by atoms with Gasteiger partial charge in [-0.25, -0.2) is 0 Å². The van der Waals surface area contributed by atoms with Crippen LogP contribution in [0.4, 0.5) is 5.69 Å². The molecule has 5 nitrogen and oxygen atoms in total. The molecule has 3 aromatic heterocycles. The number of aryl methyl sites for hydroxylation is 2. The van der Waals surface area contributed by atoms with Crippen LogP contribution in [-0.4, -0.2) is 9.97 Å². The third-order valence-corrected chi connectivity index (χ3v) is 3.55. The van der Waals surface area contributed by atoms with Gasteiger partial charge in [-0.2, -0.15) is 0 Å². The number of aromatic amines is 1. The van der Waals surface area contributed by atoms with Crippen LogP contribution in [-0.2, 0) is 13.0 Å². The van der Waals surface area contributed by atoms with Crippen molar-refractivity contribution in [2.45, 2.75) is 26.8 Å². The molecule has 0 aliphatic heterocycles. The van der Waals surface area contributed by atoms with Crippen LogP contribution in [0.15, 0.2) is 39.8 Å². The third kappa shape index (κ3) is 2.67. The summed E-state index contributed by atoms with van der Waals surface area (Å²) in [5.41, 5.74) is 3.31. The standard InChI is InChI=1S/C16H17N3O2/c1-3-11-7-14(16(20)19-10(11)2)18-9-13-6-12-8-17-5-4-15(12)21-13/h4-8,18H,3,9H2,1-2H3,(H,19,20). The molecule has 0 bridgehead atoms. The molecule has 0 aromatic carbocycles. The minimum Gasteiger partial charge on any atom is -0.459 e. The molecular weight excluding hydrogens is 266 g/mol. The first-order chi connectivity index (χ1) is 10.2. The molecule has 5 heteroatoms. The van der Waals surface area contributed by atoms with E-state index in [9.17, 15) is 4.79 Å². The molecule has 0 radical (unpaired) electrons. The zero-order valence-electron chi connectivity index (χ0n) is 12.1. The van der Waals surface area contributed by atoms with Crippen molar-refractivity contribution in [3.8, 4) is 0 Å². The van der Waals surface area contributed by atoms with Gasteiger partial charge in [-0.3, -0.25) is 9.78 Å². The fraction of sp³-hybridized carbons (Fsp3) is 0.250. The number of rotatable bonds is 4. The van der Waals surface area contributed by atoms with Crippen molar-refractivity contribution >= 4 is 16.7 Å². The van der Waals surface area contributed by atoms with Gasteiger partial charge in [0.2, 0.25) is 0 Å². The summed E-state index contributed by atoms with van der Waals surface area (Å²) < 4.78 is 5.70. The van der Waals surface area contributed by atoms with Gasteiger partial charge in [0, 0.05) is 23.5 Å². The number of hydrogen-bond acceptors (Lipinski definition) is 4. The predicted molar refractivity (Wildman–Crippen MR) is 82.5 cm³/mol. The van der Waals surface area contributed by atoms with E-state index in [1.165, 1.54) is 0 Å². The quantitative estimate of drug-likeness (QED) is 0.772. The summed E-state index contributed by atoms with van der Waals surface area (Å²) in [6.45, 7) is 4.44. The minimum absolute atomic E-state index is 0.109. The monoisotopic (exact) mass is 283 g/mol. The molecule has 0 unspecified atom stereocenters. The van der Waals surface area contributed by atoms with E-state index in [1.54, 1.807) is 12.4 Å². The molecule has 0 saturated carbocycles. The van der Waals surface area contributed by atoms with Crippen molar-refractivity contribution in [1.82, 2.24) is 9.97 Å². The maximum Gasteiger partial charge on any atom is 0.271 e. The summed E-state index contributed by atoms with van der Waals surface area (Å²) >= 11 is 0. The van der Waals surface area contributed by atoms with Gasteiger partial charge in [-0.05, 0) is 37.1 Å². The molecule has 21 heavy (non-hydrogen) atoms. The van der Waals surface area contributed by atoms with Crippen LogP contribution in [0.5, 0.6) is 0 Å². The second-order valence-electron chi connectivity index (χ2n) is 5.00. The van der Waals surface area contributed by atoms with Crippen molar-refractivity contribution in [2.24, 2.45) is 0 Å². The molecule has 0 fully saturated rings. The van der Waals surface area contributed by atoms with Crippen LogP contribution >= 0.6 is 0 Å². The van der Waals surface area contributed by atoms with Crippen LogP contribution in [0, 0.1) is 6.92 Å². The smallest absolute Gasteiger partial charge is 0.271 e. The van der Waals surface area contributed by atoms with E-state index in [4.69, 9.17) is 4.42 Å². The number of nitrogens with zero attached hydrogens (tertiary/aromatic N) is 1. The zero-order valence-corrected chi connectivity index (χ0v) is 12.1. The van der Waals surface area contributed by atoms with Gasteiger partial charge in [-0.1, -0.05) is 6.92 Å². The maximum absolute atomic E-state index is 11.9. The number of pyridine rings is 2. The molecular formula is C16H17N3O2. The van der Waals surface area contributed by atoms with E-state index < -0.39 is 0 Å². The first-order valence-corrected chi connectivity index (χ1v) is 6.96. The second kappa shape index (κ2) is 5.44. The summed E-state index contributed by atoms with van der Waals surface area (Å²) in [7, 11) is 0. The van der Waals surface area contributed by atoms with E-state index in [0.29, 0.717) is 12.2 Å². The highest BCUT2D eigenvalue weighted by Crippen LogP contribution is 2.18. The molecule has 3 rings (SSSR count). The number of nitrogens with one attached hydrogen (secondary N) is 2. The van der Waals surface area contributed by atoms with Gasteiger partial charge in [0.25, 0.3) is 5.56 Å². The lowest BCUT2D eigenvalue weighted by Crippen LogP contribution is -2.16. The van der Waals surface area contributed by atoms with Crippen LogP contribution < -0.4 is 10.9 Å². The largest absolute Gasteiger partial charge is 0.459 e. The SMILES string of the molecule is CCc1cc(NCc2cc3cnccc3o2)c(=O)[nH]c1C. The summed E-state index contributed by atoms with van der Waals surface area (Å²) in [5, 5.41) is 4.09. The summed E-state index contributed by atoms with van der Waals surface area (Å²) in [6, 6.07) is 5.66. The van der Waals surface area contributed by atoms with E-state index in [-0.39, 0.29) is 5.56 Å². The highest BCUT2D eigenvalue weighted by molar-refractivity contribution is 5.76. The molecule has 3 aromatic rings. The second-order valence-corrected chi connectivity index (χ2v) is 5.00. The first kappa shape index (κ1) is 13.4. The Bertz CT molecular complexity index is 800. The lowest BCUT2D eigenvalue weighted by Gasteiger charge is -2.08. The number of fused-ring (bicyclic) bond motifs is 1. The van der Waals surface area contributed by atoms with Gasteiger partial charge < -0.3 is 14.7 Å². The number of aromatic nitrogens is 2. The van der Waals surface area contributed by atoms with E-state index in [2.05, 4.69) is 22.2 Å². The van der Waals surface area contributed by atoms with E-state index in [1.807, 2.05) is 25.1 Å². The van der Waals surface area contributed by atoms with Crippen LogP contribution in [0.1, 0.15) is 23.9 Å². The number of anilines is 1. The average molecular weight is 283 g/mol. The molecule has 0 aliphatic carbocycles. The van der Waals surface area contributed by atoms with Crippen LogP contribution in [0.25, 0.3) is 11.0 Å². The molecule has 108 valence electrons. The van der Waals surface area contributed by atoms with Gasteiger partial charge in [0.05, 0.1) is 6.54 Å². The Hall–Kier alpha value is -2.56. The van der Waals surface area contributed by atoms with Crippen molar-refractivity contribution in [1.29, 1.82) is 0 Å². The van der Waals surface area contributed by atoms with Crippen LogP contribution in [0.2, 0.25) is 0 Å². The molecule has 0 aliphatic rings. The molecule has 0 spiro atoms. The van der Waals surface area contributed by atoms with Gasteiger partial charge >= 0.3 is 0 Å². The fourth-order valence-electron chi connectivity index (χ4n) is 2.37. The fourth-order valence-corrected chi connectivity index (χ4v) is 2.37. The number of furan rings is 1. The lowest BCUT2D eigenvalue weighted by atomic mass is 10.1. The Balaban J connectivity index is 1.82. The molecule has 0 amide bonds. The van der Waals surface area contributed by atoms with Crippen molar-refractivity contribution in [3.63, 3.8) is 0 Å². The highest BCUT2D eigenvalue weighted by atomic mass is 16.3. The van der Waals surface area contributed by atoms with Gasteiger partial charge in [0.15, 0.2) is 0 Å². The minimum atomic E-state index is -0.109. The molecule has 2 N–H and O–H groups in total. The molecule has 0 saturated heterocycles. The highest BCUT2D eigenvalue weighted by Gasteiger charge is 2.07. The molecule has 3 heterocycles. The Labute approximate surface area is 122 Å². The summed E-state index contributed by atoms with van der Waals surface area (Å²) in [6.07, 6.45) is 4.34. The summed E-state index contributed by atoms with van der Waals surface area (Å²) in [5.74, 6) is 0.774. The Morgan fingerprint density at radius 3 is 3.00 bits per heavy atom. The lowest BCUT2D eigenvalue weighted by molar-refractivity contribution is 0.559. The normalized spacial score (nSPS) is 11.0. The number of hydrogen-bond donors (Lipinski definition) is 2. The Kier molecular flexibility index (Phi) is 3.48. The van der Waals surface area contributed by atoms with Crippen molar-refractivity contribution < 1.29 is 4.42 Å². The van der Waals surface area contributed by atoms with Crippen molar-refractivity contribution in [3.05, 3.63) is 58.0 Å². The topological polar surface area (TPSA) is 70.9 Å². The third-order valence-electron chi connectivity index (χ3n) is 3.55. The Morgan fingerprint density at radius 2 is 2.24 bits per heavy atom.